The van der Waals surface area contributed by atoms with Crippen molar-refractivity contribution in [1.82, 2.24) is 0 Å². The molecular formula is C17H34P2S4. The van der Waals surface area contributed by atoms with Crippen molar-refractivity contribution >= 4 is 56.9 Å². The predicted octanol–water partition coefficient (Wildman–Crippen LogP) is 7.90. The molecule has 0 aromatic heterocycles. The van der Waals surface area contributed by atoms with Gasteiger partial charge in [0, 0.05) is 15.6 Å². The molecule has 0 nitrogen and oxygen atoms in total. The number of hydrogen-bond acceptors (Lipinski definition) is 4. The first-order chi connectivity index (χ1) is 11.0. The molecule has 0 bridgehead atoms. The molecule has 0 aromatic rings. The third kappa shape index (κ3) is 6.00. The van der Waals surface area contributed by atoms with Crippen molar-refractivity contribution in [3.05, 3.63) is 0 Å². The van der Waals surface area contributed by atoms with Gasteiger partial charge in [-0.1, -0.05) is 76.0 Å². The van der Waals surface area contributed by atoms with Crippen LogP contribution in [0.1, 0.15) is 78.1 Å². The van der Waals surface area contributed by atoms with Gasteiger partial charge >= 0.3 is 0 Å². The smallest absolute Gasteiger partial charge is 0.0490 e. The lowest BCUT2D eigenvalue weighted by Crippen LogP contribution is -2.14. The summed E-state index contributed by atoms with van der Waals surface area (Å²) in [7, 11) is 0. The Labute approximate surface area is 163 Å². The first kappa shape index (κ1) is 21.3. The molecule has 0 heterocycles. The Morgan fingerprint density at radius 1 is 0.696 bits per heavy atom. The lowest BCUT2D eigenvalue weighted by Gasteiger charge is -2.35. The van der Waals surface area contributed by atoms with Gasteiger partial charge in [0.05, 0.1) is 0 Å². The van der Waals surface area contributed by atoms with Crippen molar-refractivity contribution in [3.63, 3.8) is 0 Å². The zero-order valence-corrected chi connectivity index (χ0v) is 19.9. The normalized spacial score (nSPS) is 26.5. The molecule has 0 aliphatic heterocycles. The van der Waals surface area contributed by atoms with Gasteiger partial charge in [-0.25, -0.2) is 0 Å². The second-order valence-electron chi connectivity index (χ2n) is 7.04. The van der Waals surface area contributed by atoms with Crippen molar-refractivity contribution in [1.29, 1.82) is 0 Å². The second kappa shape index (κ2) is 10.4. The molecule has 23 heavy (non-hydrogen) atoms. The van der Waals surface area contributed by atoms with E-state index in [0.717, 1.165) is 11.3 Å². The molecule has 0 saturated heterocycles. The summed E-state index contributed by atoms with van der Waals surface area (Å²) in [6.07, 6.45) is 16.7. The van der Waals surface area contributed by atoms with E-state index in [9.17, 15) is 0 Å². The predicted molar refractivity (Wildman–Crippen MR) is 123 cm³/mol. The van der Waals surface area contributed by atoms with E-state index in [-0.39, 0.29) is 0 Å². The van der Waals surface area contributed by atoms with E-state index < -0.39 is 10.5 Å². The maximum Gasteiger partial charge on any atom is 0.0490 e. The highest BCUT2D eigenvalue weighted by atomic mass is 32.9. The fourth-order valence-corrected chi connectivity index (χ4v) is 21.9. The Morgan fingerprint density at radius 2 is 1.04 bits per heavy atom. The molecule has 0 spiro atoms. The van der Waals surface area contributed by atoms with Gasteiger partial charge in [-0.2, -0.15) is 0 Å². The Hall–Kier alpha value is 2.00. The highest BCUT2D eigenvalue weighted by molar-refractivity contribution is 8.79. The van der Waals surface area contributed by atoms with Crippen LogP contribution in [-0.4, -0.2) is 28.7 Å². The van der Waals surface area contributed by atoms with Gasteiger partial charge in [0.25, 0.3) is 0 Å². The van der Waals surface area contributed by atoms with E-state index in [1.165, 1.54) is 81.6 Å². The van der Waals surface area contributed by atoms with E-state index in [4.69, 9.17) is 23.6 Å². The maximum absolute atomic E-state index is 6.24. The molecule has 0 radical (unpaired) electrons. The van der Waals surface area contributed by atoms with Crippen LogP contribution in [0.3, 0.4) is 0 Å². The van der Waals surface area contributed by atoms with E-state index in [1.54, 1.807) is 0 Å². The Morgan fingerprint density at radius 3 is 1.35 bits per heavy atom. The van der Waals surface area contributed by atoms with Gasteiger partial charge in [-0.05, 0) is 49.3 Å². The fourth-order valence-electron chi connectivity index (χ4n) is 4.06. The minimum Gasteiger partial charge on any atom is -0.112 e. The summed E-state index contributed by atoms with van der Waals surface area (Å²) >= 11 is 16.9. The highest BCUT2D eigenvalue weighted by Gasteiger charge is 2.32. The summed E-state index contributed by atoms with van der Waals surface area (Å²) in [6, 6.07) is 0. The van der Waals surface area contributed by atoms with Gasteiger partial charge in [0.1, 0.15) is 0 Å². The van der Waals surface area contributed by atoms with Crippen LogP contribution >= 0.6 is 33.2 Å². The summed E-state index contributed by atoms with van der Waals surface area (Å²) in [5, 5.41) is -1.23. The van der Waals surface area contributed by atoms with Crippen molar-refractivity contribution in [2.45, 2.75) is 89.4 Å². The molecular weight excluding hydrogens is 394 g/mol. The lowest BCUT2D eigenvalue weighted by atomic mass is 10.0. The van der Waals surface area contributed by atoms with Crippen LogP contribution in [0.5, 0.6) is 0 Å². The van der Waals surface area contributed by atoms with E-state index in [2.05, 4.69) is 36.6 Å². The SMILES string of the molecule is CCP(=S)(SCSP(=S)(CC)C1CCCCC1)C1CCCCC1. The van der Waals surface area contributed by atoms with Gasteiger partial charge in [0.15, 0.2) is 0 Å². The van der Waals surface area contributed by atoms with Gasteiger partial charge in [-0.15, -0.1) is 22.8 Å². The summed E-state index contributed by atoms with van der Waals surface area (Å²) in [5.74, 6) is 0. The molecule has 0 amide bonds. The Kier molecular flexibility index (Phi) is 9.60. The molecule has 2 atom stereocenters. The Bertz CT molecular complexity index is 400. The molecule has 2 aliphatic rings. The van der Waals surface area contributed by atoms with E-state index >= 15 is 0 Å². The van der Waals surface area contributed by atoms with Gasteiger partial charge < -0.3 is 0 Å². The quantitative estimate of drug-likeness (QED) is 0.284. The van der Waals surface area contributed by atoms with Crippen LogP contribution in [0.15, 0.2) is 0 Å². The van der Waals surface area contributed by atoms with Crippen LogP contribution < -0.4 is 0 Å². The average Bonchev–Trinajstić information content (AvgIpc) is 2.63. The molecule has 2 unspecified atom stereocenters. The second-order valence-corrected chi connectivity index (χ2v) is 24.9. The minimum atomic E-state index is -1.21. The van der Waals surface area contributed by atoms with Gasteiger partial charge in [0.2, 0.25) is 0 Å². The maximum atomic E-state index is 6.24. The van der Waals surface area contributed by atoms with Crippen LogP contribution in [0.2, 0.25) is 0 Å². The fraction of sp³-hybridized carbons (Fsp3) is 1.00. The van der Waals surface area contributed by atoms with Crippen molar-refractivity contribution in [2.24, 2.45) is 0 Å². The molecule has 2 saturated carbocycles. The van der Waals surface area contributed by atoms with E-state index in [0.29, 0.717) is 0 Å². The monoisotopic (exact) mass is 428 g/mol. The first-order valence-electron chi connectivity index (χ1n) is 9.50. The zero-order valence-electron chi connectivity index (χ0n) is 14.9. The summed E-state index contributed by atoms with van der Waals surface area (Å²) < 4.78 is 0. The van der Waals surface area contributed by atoms with Crippen LogP contribution in [0.25, 0.3) is 0 Å². The van der Waals surface area contributed by atoms with Crippen LogP contribution in [0.4, 0.5) is 0 Å². The summed E-state index contributed by atoms with van der Waals surface area (Å²) in [6.45, 7) is 4.70. The highest BCUT2D eigenvalue weighted by Crippen LogP contribution is 2.71. The first-order valence-corrected chi connectivity index (χ1v) is 18.8. The van der Waals surface area contributed by atoms with Crippen molar-refractivity contribution in [3.8, 4) is 0 Å². The van der Waals surface area contributed by atoms with Crippen LogP contribution in [0, 0.1) is 0 Å². The average molecular weight is 429 g/mol. The topological polar surface area (TPSA) is 0 Å². The number of rotatable bonds is 8. The van der Waals surface area contributed by atoms with E-state index in [1.807, 2.05) is 0 Å². The summed E-state index contributed by atoms with van der Waals surface area (Å²) in [4.78, 5) is 0. The summed E-state index contributed by atoms with van der Waals surface area (Å²) in [5.41, 5.74) is 1.74. The molecule has 6 heteroatoms. The lowest BCUT2D eigenvalue weighted by molar-refractivity contribution is 0.512. The molecule has 0 aromatic carbocycles. The molecule has 2 rings (SSSR count). The third-order valence-electron chi connectivity index (χ3n) is 5.69. The molecule has 136 valence electrons. The number of hydrogen-bond donors (Lipinski definition) is 0. The zero-order chi connectivity index (χ0) is 16.8. The van der Waals surface area contributed by atoms with Crippen molar-refractivity contribution in [2.75, 3.05) is 17.4 Å². The standard InChI is InChI=1S/C17H34P2S4/c1-3-18(20,16-11-7-5-8-12-16)22-15-23-19(21,4-2)17-13-9-6-10-14-17/h16-17H,3-15H2,1-2H3. The third-order valence-corrected chi connectivity index (χ3v) is 25.5. The van der Waals surface area contributed by atoms with Gasteiger partial charge in [-0.3, -0.25) is 0 Å². The molecule has 0 N–H and O–H groups in total. The molecule has 2 fully saturated rings. The Balaban J connectivity index is 1.89. The minimum absolute atomic E-state index is 0.871. The molecule has 2 aliphatic carbocycles. The van der Waals surface area contributed by atoms with Crippen LogP contribution in [-0.2, 0) is 23.6 Å². The van der Waals surface area contributed by atoms with Crippen molar-refractivity contribution < 1.29 is 0 Å². The largest absolute Gasteiger partial charge is 0.112 e.